The number of hydrogen-bond acceptors (Lipinski definition) is 9. The molecule has 5 heterocycles. The van der Waals surface area contributed by atoms with Crippen LogP contribution in [0.1, 0.15) is 59.9 Å². The van der Waals surface area contributed by atoms with Crippen LogP contribution >= 0.6 is 0 Å². The number of carbonyl (C=O) groups is 1. The van der Waals surface area contributed by atoms with E-state index in [1.54, 1.807) is 4.90 Å². The van der Waals surface area contributed by atoms with Crippen LogP contribution < -0.4 is 0 Å². The molecular weight excluding hydrogens is 628 g/mol. The zero-order valence-corrected chi connectivity index (χ0v) is 28.9. The lowest BCUT2D eigenvalue weighted by atomic mass is 9.91. The van der Waals surface area contributed by atoms with Crippen molar-refractivity contribution in [3.8, 4) is 40.1 Å². The summed E-state index contributed by atoms with van der Waals surface area (Å²) in [5.41, 5.74) is 9.57. The molecule has 0 radical (unpaired) electrons. The topological polar surface area (TPSA) is 123 Å². The molecule has 2 fully saturated rings. The lowest BCUT2D eigenvalue weighted by Crippen LogP contribution is -2.42. The summed E-state index contributed by atoms with van der Waals surface area (Å²) in [7, 11) is 0. The van der Waals surface area contributed by atoms with Crippen LogP contribution in [0.2, 0.25) is 0 Å². The first-order valence-electron chi connectivity index (χ1n) is 17.7. The van der Waals surface area contributed by atoms with Crippen LogP contribution in [0.25, 0.3) is 45.1 Å². The lowest BCUT2D eigenvalue weighted by Gasteiger charge is -2.30. The lowest BCUT2D eigenvalue weighted by molar-refractivity contribution is -0.133. The fourth-order valence-electron chi connectivity index (χ4n) is 7.83. The average Bonchev–Trinajstić information content (AvgIpc) is 3.90. The maximum Gasteiger partial charge on any atom is 0.237 e. The van der Waals surface area contributed by atoms with E-state index >= 15 is 0 Å². The average molecular weight is 671 g/mol. The molecule has 0 bridgehead atoms. The second-order valence-electron chi connectivity index (χ2n) is 14.4. The van der Waals surface area contributed by atoms with Crippen LogP contribution in [-0.4, -0.2) is 74.5 Å². The Bertz CT molecular complexity index is 2110. The smallest absolute Gasteiger partial charge is 0.237 e. The van der Waals surface area contributed by atoms with Gasteiger partial charge in [-0.05, 0) is 97.7 Å². The third-order valence-electron chi connectivity index (χ3n) is 10.7. The van der Waals surface area contributed by atoms with Gasteiger partial charge in [0.25, 0.3) is 0 Å². The summed E-state index contributed by atoms with van der Waals surface area (Å²) >= 11 is 0. The van der Waals surface area contributed by atoms with Crippen LogP contribution in [-0.2, 0) is 24.4 Å². The number of hydrogen-bond donors (Lipinski definition) is 1. The molecule has 3 aromatic carbocycles. The maximum absolute atomic E-state index is 13.0. The first-order chi connectivity index (χ1) is 24.2. The van der Waals surface area contributed by atoms with Gasteiger partial charge in [-0.1, -0.05) is 31.2 Å². The standard InChI is InChI=1S/C40H42N6O4/c1-24-10-13-45(19-24)20-27-16-28(18-41)38-34(17-27)42-40(50-38)33-9-5-7-31(26(33)3)30-6-4-8-32(25(30)2)39-43-35-21-46(22-36(35)49-39)37(48)23-44-14-11-29(47)12-15-44/h4-9,16-17,24,29,47H,10-15,19-23H2,1-3H3. The van der Waals surface area contributed by atoms with Crippen molar-refractivity contribution in [2.24, 2.45) is 5.92 Å². The van der Waals surface area contributed by atoms with Crippen molar-refractivity contribution >= 4 is 17.0 Å². The molecule has 3 aliphatic heterocycles. The van der Waals surface area contributed by atoms with Crippen molar-refractivity contribution in [2.45, 2.75) is 65.8 Å². The summed E-state index contributed by atoms with van der Waals surface area (Å²) < 4.78 is 12.6. The van der Waals surface area contributed by atoms with Gasteiger partial charge in [0.2, 0.25) is 17.7 Å². The van der Waals surface area contributed by atoms with Crippen molar-refractivity contribution in [3.63, 3.8) is 0 Å². The van der Waals surface area contributed by atoms with E-state index in [0.717, 1.165) is 83.1 Å². The van der Waals surface area contributed by atoms with Gasteiger partial charge in [-0.15, -0.1) is 0 Å². The van der Waals surface area contributed by atoms with E-state index in [4.69, 9.17) is 18.8 Å². The molecule has 2 saturated heterocycles. The minimum absolute atomic E-state index is 0.0599. The van der Waals surface area contributed by atoms with Crippen LogP contribution in [0.5, 0.6) is 0 Å². The Hall–Kier alpha value is -4.82. The highest BCUT2D eigenvalue weighted by atomic mass is 16.4. The van der Waals surface area contributed by atoms with Gasteiger partial charge in [-0.2, -0.15) is 5.26 Å². The van der Waals surface area contributed by atoms with Gasteiger partial charge in [0, 0.05) is 37.3 Å². The van der Waals surface area contributed by atoms with Crippen molar-refractivity contribution in [1.82, 2.24) is 24.7 Å². The zero-order chi connectivity index (χ0) is 34.5. The molecule has 1 unspecified atom stereocenters. The number of piperidine rings is 1. The van der Waals surface area contributed by atoms with Crippen LogP contribution in [0, 0.1) is 31.1 Å². The predicted molar refractivity (Wildman–Crippen MR) is 190 cm³/mol. The Morgan fingerprint density at radius 1 is 0.900 bits per heavy atom. The largest absolute Gasteiger partial charge is 0.439 e. The molecule has 3 aliphatic rings. The molecule has 2 aromatic heterocycles. The summed E-state index contributed by atoms with van der Waals surface area (Å²) in [5.74, 6) is 2.54. The van der Waals surface area contributed by atoms with E-state index in [-0.39, 0.29) is 12.0 Å². The first-order valence-corrected chi connectivity index (χ1v) is 17.7. The summed E-state index contributed by atoms with van der Waals surface area (Å²) in [5, 5.41) is 19.8. The number of nitrogens with zero attached hydrogens (tertiary/aromatic N) is 6. The number of fused-ring (bicyclic) bond motifs is 2. The number of aliphatic hydroxyl groups is 1. The quantitative estimate of drug-likeness (QED) is 0.208. The number of nitriles is 1. The molecule has 50 heavy (non-hydrogen) atoms. The first kappa shape index (κ1) is 32.4. The van der Waals surface area contributed by atoms with Gasteiger partial charge in [0.1, 0.15) is 23.0 Å². The number of amides is 1. The highest BCUT2D eigenvalue weighted by Crippen LogP contribution is 2.39. The molecule has 1 amide bonds. The third-order valence-corrected chi connectivity index (χ3v) is 10.7. The van der Waals surface area contributed by atoms with E-state index in [9.17, 15) is 15.2 Å². The van der Waals surface area contributed by atoms with Gasteiger partial charge in [-0.3, -0.25) is 14.6 Å². The van der Waals surface area contributed by atoms with Gasteiger partial charge in [-0.25, -0.2) is 9.97 Å². The molecule has 5 aromatic rings. The Morgan fingerprint density at radius 3 is 2.20 bits per heavy atom. The monoisotopic (exact) mass is 670 g/mol. The van der Waals surface area contributed by atoms with Crippen molar-refractivity contribution < 1.29 is 18.7 Å². The SMILES string of the molecule is Cc1c(-c2nc3c(o2)CN(C(=O)CN2CCC(O)CC2)C3)cccc1-c1cccc(-c2nc3cc(CN4CCC(C)C4)cc(C#N)c3o2)c1C. The summed E-state index contributed by atoms with van der Waals surface area (Å²) in [6.07, 6.45) is 2.36. The van der Waals surface area contributed by atoms with Crippen LogP contribution in [0.15, 0.2) is 57.4 Å². The molecule has 1 N–H and O–H groups in total. The number of oxazole rings is 2. The van der Waals surface area contributed by atoms with Crippen molar-refractivity contribution in [1.29, 1.82) is 5.26 Å². The van der Waals surface area contributed by atoms with Gasteiger partial charge in [0.15, 0.2) is 5.58 Å². The number of benzene rings is 3. The van der Waals surface area contributed by atoms with Crippen LogP contribution in [0.3, 0.4) is 0 Å². The highest BCUT2D eigenvalue weighted by molar-refractivity contribution is 5.85. The number of aliphatic hydroxyl groups excluding tert-OH is 1. The predicted octanol–water partition coefficient (Wildman–Crippen LogP) is 6.45. The molecule has 8 rings (SSSR count). The molecule has 1 atom stereocenters. The molecule has 10 nitrogen and oxygen atoms in total. The number of rotatable bonds is 7. The van der Waals surface area contributed by atoms with Gasteiger partial charge < -0.3 is 18.8 Å². The van der Waals surface area contributed by atoms with E-state index < -0.39 is 0 Å². The van der Waals surface area contributed by atoms with Gasteiger partial charge in [0.05, 0.1) is 31.3 Å². The normalized spacial score (nSPS) is 18.6. The maximum atomic E-state index is 13.0. The summed E-state index contributed by atoms with van der Waals surface area (Å²) in [4.78, 5) is 29.1. The van der Waals surface area contributed by atoms with Crippen LogP contribution in [0.4, 0.5) is 0 Å². The number of likely N-dealkylation sites (tertiary alicyclic amines) is 2. The second-order valence-corrected chi connectivity index (χ2v) is 14.4. The molecule has 10 heteroatoms. The summed E-state index contributed by atoms with van der Waals surface area (Å²) in [6, 6.07) is 18.6. The Balaban J connectivity index is 1.03. The molecule has 0 spiro atoms. The minimum Gasteiger partial charge on any atom is -0.439 e. The zero-order valence-electron chi connectivity index (χ0n) is 28.9. The van der Waals surface area contributed by atoms with E-state index in [0.29, 0.717) is 66.8 Å². The number of carbonyl (C=O) groups excluding carboxylic acids is 1. The van der Waals surface area contributed by atoms with Crippen molar-refractivity contribution in [3.05, 3.63) is 82.2 Å². The Labute approximate surface area is 291 Å². The van der Waals surface area contributed by atoms with E-state index in [2.05, 4.69) is 54.8 Å². The molecular formula is C40H42N6O4. The van der Waals surface area contributed by atoms with Crippen molar-refractivity contribution in [2.75, 3.05) is 32.7 Å². The Morgan fingerprint density at radius 2 is 1.56 bits per heavy atom. The molecule has 0 aliphatic carbocycles. The minimum atomic E-state index is -0.260. The molecule has 256 valence electrons. The number of aromatic nitrogens is 2. The molecule has 0 saturated carbocycles. The van der Waals surface area contributed by atoms with E-state index in [1.165, 1.54) is 6.42 Å². The summed E-state index contributed by atoms with van der Waals surface area (Å²) in [6.45, 7) is 12.1. The van der Waals surface area contributed by atoms with E-state index in [1.807, 2.05) is 30.3 Å². The fraction of sp³-hybridized carbons (Fsp3) is 0.400. The fourth-order valence-corrected chi connectivity index (χ4v) is 7.83. The van der Waals surface area contributed by atoms with Gasteiger partial charge >= 0.3 is 0 Å². The second kappa shape index (κ2) is 13.1. The highest BCUT2D eigenvalue weighted by Gasteiger charge is 2.31. The third kappa shape index (κ3) is 6.10. The Kier molecular flexibility index (Phi) is 8.51.